The molecule has 0 unspecified atom stereocenters. The number of hydrogen-bond acceptors (Lipinski definition) is 3. The van der Waals surface area contributed by atoms with Gasteiger partial charge in [-0.2, -0.15) is 5.10 Å². The molecule has 37 heavy (non-hydrogen) atoms. The summed E-state index contributed by atoms with van der Waals surface area (Å²) in [6, 6.07) is 21.0. The smallest absolute Gasteiger partial charge is 0.221 e. The van der Waals surface area contributed by atoms with Crippen LogP contribution in [-0.4, -0.2) is 34.7 Å². The maximum absolute atomic E-state index is 12.6. The molecule has 3 aromatic rings. The molecule has 2 aromatic carbocycles. The molecule has 1 heterocycles. The lowest BCUT2D eigenvalue weighted by Crippen LogP contribution is -2.32. The topological polar surface area (TPSA) is 76.0 Å². The largest absolute Gasteiger partial charge is 0.355 e. The highest BCUT2D eigenvalue weighted by molar-refractivity contribution is 5.77. The van der Waals surface area contributed by atoms with Gasteiger partial charge >= 0.3 is 0 Å². The summed E-state index contributed by atoms with van der Waals surface area (Å²) < 4.78 is 1.92. The fourth-order valence-corrected chi connectivity index (χ4v) is 5.49. The van der Waals surface area contributed by atoms with Gasteiger partial charge in [0.1, 0.15) is 0 Å². The van der Waals surface area contributed by atoms with Crippen molar-refractivity contribution >= 4 is 11.8 Å². The van der Waals surface area contributed by atoms with Crippen molar-refractivity contribution in [1.82, 2.24) is 20.4 Å². The second kappa shape index (κ2) is 10.5. The molecule has 0 radical (unpaired) electrons. The number of nitrogens with zero attached hydrogens (tertiary/aromatic N) is 2. The van der Waals surface area contributed by atoms with E-state index in [0.717, 1.165) is 42.6 Å². The lowest BCUT2D eigenvalue weighted by Gasteiger charge is -2.17. The number of hydrogen-bond donors (Lipinski definition) is 2. The molecule has 2 saturated carbocycles. The molecule has 2 aliphatic carbocycles. The molecule has 2 N–H and O–H groups in total. The Kier molecular flexibility index (Phi) is 7.18. The summed E-state index contributed by atoms with van der Waals surface area (Å²) >= 11 is 0. The highest BCUT2D eigenvalue weighted by Crippen LogP contribution is 2.48. The Labute approximate surface area is 219 Å². The Morgan fingerprint density at radius 2 is 1.27 bits per heavy atom. The van der Waals surface area contributed by atoms with Crippen LogP contribution in [0.4, 0.5) is 0 Å². The third-order valence-electron chi connectivity index (χ3n) is 8.41. The number of nitrogens with one attached hydrogen (secondary N) is 2. The van der Waals surface area contributed by atoms with Crippen molar-refractivity contribution in [1.29, 1.82) is 0 Å². The molecule has 0 atom stereocenters. The fourth-order valence-electron chi connectivity index (χ4n) is 5.49. The lowest BCUT2D eigenvalue weighted by molar-refractivity contribution is -0.122. The Balaban J connectivity index is 1.07. The molecule has 2 aliphatic rings. The summed E-state index contributed by atoms with van der Waals surface area (Å²) in [5.74, 6) is 0.142. The molecule has 6 nitrogen and oxygen atoms in total. The number of benzene rings is 2. The molecule has 6 heteroatoms. The van der Waals surface area contributed by atoms with E-state index in [9.17, 15) is 9.59 Å². The second-order valence-electron chi connectivity index (χ2n) is 11.0. The van der Waals surface area contributed by atoms with Crippen LogP contribution in [0.1, 0.15) is 66.6 Å². The average molecular weight is 499 g/mol. The van der Waals surface area contributed by atoms with Crippen molar-refractivity contribution in [2.24, 2.45) is 0 Å². The van der Waals surface area contributed by atoms with Crippen molar-refractivity contribution in [2.75, 3.05) is 13.1 Å². The van der Waals surface area contributed by atoms with Gasteiger partial charge in [0.15, 0.2) is 0 Å². The van der Waals surface area contributed by atoms with Crippen LogP contribution in [0.5, 0.6) is 0 Å². The molecule has 0 spiro atoms. The zero-order valence-electron chi connectivity index (χ0n) is 22.1. The monoisotopic (exact) mass is 498 g/mol. The van der Waals surface area contributed by atoms with Gasteiger partial charge in [-0.25, -0.2) is 0 Å². The van der Waals surface area contributed by atoms with Gasteiger partial charge in [-0.3, -0.25) is 14.3 Å². The first kappa shape index (κ1) is 25.2. The molecule has 2 amide bonds. The van der Waals surface area contributed by atoms with Crippen LogP contribution in [0.2, 0.25) is 0 Å². The van der Waals surface area contributed by atoms with Crippen molar-refractivity contribution in [3.05, 3.63) is 88.7 Å². The summed E-state index contributed by atoms with van der Waals surface area (Å²) in [5, 5.41) is 11.0. The highest BCUT2D eigenvalue weighted by Gasteiger charge is 2.44. The van der Waals surface area contributed by atoms with Gasteiger partial charge in [0.2, 0.25) is 11.8 Å². The van der Waals surface area contributed by atoms with Crippen LogP contribution in [0.3, 0.4) is 0 Å². The number of aromatic nitrogens is 2. The van der Waals surface area contributed by atoms with Crippen molar-refractivity contribution in [3.8, 4) is 0 Å². The third kappa shape index (κ3) is 5.79. The Bertz CT molecular complexity index is 1240. The quantitative estimate of drug-likeness (QED) is 0.386. The minimum atomic E-state index is 0.0584. The number of carbonyl (C=O) groups is 2. The summed E-state index contributed by atoms with van der Waals surface area (Å²) in [7, 11) is 0. The van der Waals surface area contributed by atoms with Crippen LogP contribution >= 0.6 is 0 Å². The molecule has 1 aromatic heterocycles. The summed E-state index contributed by atoms with van der Waals surface area (Å²) in [6.45, 7) is 5.96. The highest BCUT2D eigenvalue weighted by atomic mass is 16.2. The maximum Gasteiger partial charge on any atom is 0.221 e. The van der Waals surface area contributed by atoms with Crippen LogP contribution in [0, 0.1) is 13.8 Å². The summed E-state index contributed by atoms with van der Waals surface area (Å²) in [4.78, 5) is 25.2. The molecule has 0 aliphatic heterocycles. The van der Waals surface area contributed by atoms with Gasteiger partial charge in [0, 0.05) is 49.0 Å². The van der Waals surface area contributed by atoms with E-state index >= 15 is 0 Å². The van der Waals surface area contributed by atoms with Gasteiger partial charge < -0.3 is 10.6 Å². The van der Waals surface area contributed by atoms with E-state index in [1.807, 2.05) is 30.7 Å². The van der Waals surface area contributed by atoms with Crippen molar-refractivity contribution in [2.45, 2.75) is 76.2 Å². The molecular weight excluding hydrogens is 460 g/mol. The molecule has 194 valence electrons. The van der Waals surface area contributed by atoms with E-state index in [4.69, 9.17) is 0 Å². The zero-order valence-corrected chi connectivity index (χ0v) is 22.1. The van der Waals surface area contributed by atoms with Gasteiger partial charge in [-0.05, 0) is 62.6 Å². The normalized spacial score (nSPS) is 16.7. The van der Waals surface area contributed by atoms with E-state index in [1.165, 1.54) is 11.1 Å². The Morgan fingerprint density at radius 1 is 0.784 bits per heavy atom. The van der Waals surface area contributed by atoms with Crippen LogP contribution in [0.25, 0.3) is 0 Å². The lowest BCUT2D eigenvalue weighted by atomic mass is 9.96. The summed E-state index contributed by atoms with van der Waals surface area (Å²) in [6.07, 6.45) is 6.01. The van der Waals surface area contributed by atoms with E-state index in [1.54, 1.807) is 0 Å². The van der Waals surface area contributed by atoms with Crippen molar-refractivity contribution in [3.63, 3.8) is 0 Å². The third-order valence-corrected chi connectivity index (χ3v) is 8.41. The molecule has 2 fully saturated rings. The Hall–Kier alpha value is -3.41. The van der Waals surface area contributed by atoms with Gasteiger partial charge in [-0.1, -0.05) is 60.7 Å². The Morgan fingerprint density at radius 3 is 1.76 bits per heavy atom. The standard InChI is InChI=1S/C31H38N4O2/c1-23-27(13-14-28(36)32-21-30(16-17-30)25-9-5-3-6-10-25)24(2)35(34-23)20-15-29(37)33-22-31(18-19-31)26-11-7-4-8-12-26/h3-12H,13-22H2,1-2H3,(H,32,36)(H,33,37). The zero-order chi connectivity index (χ0) is 25.9. The molecule has 0 bridgehead atoms. The van der Waals surface area contributed by atoms with Gasteiger partial charge in [-0.15, -0.1) is 0 Å². The maximum atomic E-state index is 12.6. The number of aryl methyl sites for hydroxylation is 2. The minimum Gasteiger partial charge on any atom is -0.355 e. The van der Waals surface area contributed by atoms with E-state index in [0.29, 0.717) is 38.9 Å². The average Bonchev–Trinajstić information content (AvgIpc) is 3.85. The van der Waals surface area contributed by atoms with Gasteiger partial charge in [0.05, 0.1) is 5.69 Å². The minimum absolute atomic E-state index is 0.0584. The van der Waals surface area contributed by atoms with Crippen molar-refractivity contribution < 1.29 is 9.59 Å². The summed E-state index contributed by atoms with van der Waals surface area (Å²) in [5.41, 5.74) is 5.96. The molecule has 5 rings (SSSR count). The number of rotatable bonds is 12. The predicted octanol–water partition coefficient (Wildman–Crippen LogP) is 4.52. The molecule has 0 saturated heterocycles. The fraction of sp³-hybridized carbons (Fsp3) is 0.452. The van der Waals surface area contributed by atoms with Crippen LogP contribution in [-0.2, 0) is 33.4 Å². The first-order valence-electron chi connectivity index (χ1n) is 13.6. The van der Waals surface area contributed by atoms with E-state index in [-0.39, 0.29) is 22.6 Å². The number of carbonyl (C=O) groups excluding carboxylic acids is 2. The molecular formula is C31H38N4O2. The SMILES string of the molecule is Cc1nn(CCC(=O)NCC2(c3ccccc3)CC2)c(C)c1CCC(=O)NCC1(c2ccccc2)CC1. The first-order valence-corrected chi connectivity index (χ1v) is 13.6. The second-order valence-corrected chi connectivity index (χ2v) is 11.0. The predicted molar refractivity (Wildman–Crippen MR) is 145 cm³/mol. The van der Waals surface area contributed by atoms with Gasteiger partial charge in [0.25, 0.3) is 0 Å². The van der Waals surface area contributed by atoms with E-state index < -0.39 is 0 Å². The van der Waals surface area contributed by atoms with E-state index in [2.05, 4.69) is 64.3 Å². The van der Waals surface area contributed by atoms with Crippen LogP contribution < -0.4 is 10.6 Å². The van der Waals surface area contributed by atoms with Crippen LogP contribution in [0.15, 0.2) is 60.7 Å². The number of amides is 2. The first-order chi connectivity index (χ1) is 17.9.